The fourth-order valence-corrected chi connectivity index (χ4v) is 3.18. The number of carbonyl (C=O) groups excluding carboxylic acids is 2. The van der Waals surface area contributed by atoms with Crippen LogP contribution in [-0.2, 0) is 23.5 Å². The van der Waals surface area contributed by atoms with Crippen molar-refractivity contribution in [3.05, 3.63) is 0 Å². The predicted octanol–water partition coefficient (Wildman–Crippen LogP) is 2.83. The van der Waals surface area contributed by atoms with E-state index < -0.39 is 0 Å². The topological polar surface area (TPSA) is 65.1 Å². The third-order valence-electron chi connectivity index (χ3n) is 4.06. The SMILES string of the molecule is CO[Si]CCCCCCCCCCCN(CC(=O)OC)CC(=O)OC. The van der Waals surface area contributed by atoms with E-state index in [1.807, 2.05) is 0 Å². The third kappa shape index (κ3) is 16.3. The quantitative estimate of drug-likeness (QED) is 0.222. The minimum atomic E-state index is -0.324. The Kier molecular flexibility index (Phi) is 17.2. The summed E-state index contributed by atoms with van der Waals surface area (Å²) in [4.78, 5) is 24.6. The molecular weight excluding hydrogens is 338 g/mol. The fourth-order valence-electron chi connectivity index (χ4n) is 2.58. The molecule has 2 radical (unpaired) electrons. The molecule has 0 atom stereocenters. The number of esters is 2. The van der Waals surface area contributed by atoms with E-state index in [9.17, 15) is 9.59 Å². The highest BCUT2D eigenvalue weighted by Gasteiger charge is 2.14. The molecule has 0 aliphatic carbocycles. The van der Waals surface area contributed by atoms with Crippen molar-refractivity contribution < 1.29 is 23.5 Å². The van der Waals surface area contributed by atoms with Crippen LogP contribution in [-0.4, -0.2) is 67.6 Å². The van der Waals surface area contributed by atoms with Gasteiger partial charge in [-0.05, 0) is 19.0 Å². The summed E-state index contributed by atoms with van der Waals surface area (Å²) in [5.41, 5.74) is 0. The highest BCUT2D eigenvalue weighted by Crippen LogP contribution is 2.11. The van der Waals surface area contributed by atoms with Gasteiger partial charge in [-0.3, -0.25) is 14.5 Å². The van der Waals surface area contributed by atoms with E-state index in [0.717, 1.165) is 12.8 Å². The summed E-state index contributed by atoms with van der Waals surface area (Å²) in [7, 11) is 5.14. The molecule has 0 fully saturated rings. The van der Waals surface area contributed by atoms with Crippen molar-refractivity contribution in [2.45, 2.75) is 63.8 Å². The Labute approximate surface area is 155 Å². The molecule has 0 aliphatic heterocycles. The Morgan fingerprint density at radius 1 is 0.720 bits per heavy atom. The van der Waals surface area contributed by atoms with Crippen molar-refractivity contribution in [1.29, 1.82) is 0 Å². The van der Waals surface area contributed by atoms with Gasteiger partial charge in [0.2, 0.25) is 9.76 Å². The molecule has 146 valence electrons. The zero-order valence-corrected chi connectivity index (χ0v) is 17.2. The van der Waals surface area contributed by atoms with Crippen LogP contribution in [0.1, 0.15) is 57.8 Å². The van der Waals surface area contributed by atoms with Gasteiger partial charge in [0.25, 0.3) is 0 Å². The average Bonchev–Trinajstić information content (AvgIpc) is 2.62. The second-order valence-corrected chi connectivity index (χ2v) is 7.34. The van der Waals surface area contributed by atoms with Gasteiger partial charge in [-0.2, -0.15) is 0 Å². The molecule has 0 aromatic carbocycles. The molecule has 0 bridgehead atoms. The first-order valence-electron chi connectivity index (χ1n) is 9.25. The van der Waals surface area contributed by atoms with Crippen LogP contribution in [0.4, 0.5) is 0 Å². The molecule has 0 spiro atoms. The van der Waals surface area contributed by atoms with E-state index in [-0.39, 0.29) is 25.0 Å². The summed E-state index contributed by atoms with van der Waals surface area (Å²) in [6.07, 6.45) is 11.1. The summed E-state index contributed by atoms with van der Waals surface area (Å²) in [5, 5.41) is 0. The van der Waals surface area contributed by atoms with E-state index in [2.05, 4.69) is 9.47 Å². The van der Waals surface area contributed by atoms with Crippen molar-refractivity contribution >= 4 is 21.7 Å². The van der Waals surface area contributed by atoms with Gasteiger partial charge in [-0.15, -0.1) is 0 Å². The van der Waals surface area contributed by atoms with Crippen LogP contribution in [0.25, 0.3) is 0 Å². The van der Waals surface area contributed by atoms with Gasteiger partial charge in [0.15, 0.2) is 0 Å². The normalized spacial score (nSPS) is 10.9. The number of methoxy groups -OCH3 is 2. The van der Waals surface area contributed by atoms with Crippen LogP contribution >= 0.6 is 0 Å². The number of ether oxygens (including phenoxy) is 2. The maximum Gasteiger partial charge on any atom is 0.319 e. The Hall–Kier alpha value is -0.923. The smallest absolute Gasteiger partial charge is 0.319 e. The molecule has 7 heteroatoms. The lowest BCUT2D eigenvalue weighted by Crippen LogP contribution is -2.36. The lowest BCUT2D eigenvalue weighted by Gasteiger charge is -2.19. The number of unbranched alkanes of at least 4 members (excludes halogenated alkanes) is 8. The summed E-state index contributed by atoms with van der Waals surface area (Å²) < 4.78 is 14.4. The standard InChI is InChI=1S/C18H35NO5Si/c1-22-17(20)15-19(16-18(21)23-2)13-11-9-7-5-4-6-8-10-12-14-25-24-3/h4-16H2,1-3H3. The Balaban J connectivity index is 3.60. The first kappa shape index (κ1) is 24.1. The minimum Gasteiger partial charge on any atom is -0.468 e. The first-order valence-corrected chi connectivity index (χ1v) is 10.4. The van der Waals surface area contributed by atoms with Gasteiger partial charge in [-0.25, -0.2) is 0 Å². The number of carbonyl (C=O) groups is 2. The van der Waals surface area contributed by atoms with Crippen molar-refractivity contribution in [1.82, 2.24) is 4.90 Å². The van der Waals surface area contributed by atoms with Gasteiger partial charge >= 0.3 is 11.9 Å². The Morgan fingerprint density at radius 2 is 1.16 bits per heavy atom. The number of rotatable bonds is 17. The molecule has 0 aromatic heterocycles. The first-order chi connectivity index (χ1) is 12.1. The van der Waals surface area contributed by atoms with Crippen molar-refractivity contribution in [3.63, 3.8) is 0 Å². The lowest BCUT2D eigenvalue weighted by molar-refractivity contribution is -0.145. The molecule has 0 aliphatic rings. The van der Waals surface area contributed by atoms with Gasteiger partial charge in [-0.1, -0.05) is 51.4 Å². The molecule has 0 rings (SSSR count). The molecule has 0 unspecified atom stereocenters. The van der Waals surface area contributed by atoms with Crippen molar-refractivity contribution in [3.8, 4) is 0 Å². The Bertz CT molecular complexity index is 323. The van der Waals surface area contributed by atoms with Crippen LogP contribution in [0.5, 0.6) is 0 Å². The van der Waals surface area contributed by atoms with Gasteiger partial charge in [0.05, 0.1) is 27.3 Å². The summed E-state index contributed by atoms with van der Waals surface area (Å²) >= 11 is 0. The van der Waals surface area contributed by atoms with Gasteiger partial charge in [0, 0.05) is 7.11 Å². The molecule has 0 aromatic rings. The second-order valence-electron chi connectivity index (χ2n) is 6.14. The molecule has 0 heterocycles. The number of hydrogen-bond donors (Lipinski definition) is 0. The average molecular weight is 374 g/mol. The molecule has 25 heavy (non-hydrogen) atoms. The number of nitrogens with zero attached hydrogens (tertiary/aromatic N) is 1. The van der Waals surface area contributed by atoms with Crippen LogP contribution in [0.3, 0.4) is 0 Å². The molecule has 6 nitrogen and oxygen atoms in total. The zero-order chi connectivity index (χ0) is 18.8. The maximum atomic E-state index is 11.4. The highest BCUT2D eigenvalue weighted by molar-refractivity contribution is 6.26. The van der Waals surface area contributed by atoms with E-state index in [1.54, 1.807) is 12.0 Å². The summed E-state index contributed by atoms with van der Waals surface area (Å²) in [5.74, 6) is -0.648. The zero-order valence-electron chi connectivity index (χ0n) is 16.2. The maximum absolute atomic E-state index is 11.4. The molecule has 0 N–H and O–H groups in total. The molecular formula is C18H35NO5Si. The van der Waals surface area contributed by atoms with Crippen LogP contribution in [0.2, 0.25) is 6.04 Å². The molecule has 0 saturated heterocycles. The lowest BCUT2D eigenvalue weighted by atomic mass is 10.1. The predicted molar refractivity (Wildman–Crippen MR) is 99.6 cm³/mol. The third-order valence-corrected chi connectivity index (χ3v) is 4.90. The van der Waals surface area contributed by atoms with Crippen LogP contribution < -0.4 is 0 Å². The largest absolute Gasteiger partial charge is 0.468 e. The van der Waals surface area contributed by atoms with E-state index in [4.69, 9.17) is 4.43 Å². The van der Waals surface area contributed by atoms with Gasteiger partial charge in [0.1, 0.15) is 0 Å². The van der Waals surface area contributed by atoms with Gasteiger partial charge < -0.3 is 13.9 Å². The van der Waals surface area contributed by atoms with Crippen molar-refractivity contribution in [2.24, 2.45) is 0 Å². The molecule has 0 amide bonds. The van der Waals surface area contributed by atoms with E-state index in [1.165, 1.54) is 65.2 Å². The van der Waals surface area contributed by atoms with E-state index >= 15 is 0 Å². The van der Waals surface area contributed by atoms with E-state index in [0.29, 0.717) is 16.3 Å². The summed E-state index contributed by atoms with van der Waals surface area (Å²) in [6, 6.07) is 1.20. The van der Waals surface area contributed by atoms with Crippen LogP contribution in [0.15, 0.2) is 0 Å². The monoisotopic (exact) mass is 373 g/mol. The molecule has 0 saturated carbocycles. The number of hydrogen-bond acceptors (Lipinski definition) is 6. The Morgan fingerprint density at radius 3 is 1.60 bits per heavy atom. The van der Waals surface area contributed by atoms with Crippen molar-refractivity contribution in [2.75, 3.05) is 41.0 Å². The second kappa shape index (κ2) is 17.9. The van der Waals surface area contributed by atoms with Crippen LogP contribution in [0, 0.1) is 0 Å². The fraction of sp³-hybridized carbons (Fsp3) is 0.889. The highest BCUT2D eigenvalue weighted by atomic mass is 28.2. The minimum absolute atomic E-state index is 0.134. The summed E-state index contributed by atoms with van der Waals surface area (Å²) in [6.45, 7) is 0.981.